The van der Waals surface area contributed by atoms with E-state index in [9.17, 15) is 9.18 Å². The molecule has 3 aromatic rings. The number of likely N-dealkylation sites (tertiary alicyclic amines) is 1. The molecule has 0 unspecified atom stereocenters. The van der Waals surface area contributed by atoms with E-state index in [4.69, 9.17) is 9.47 Å². The van der Waals surface area contributed by atoms with Gasteiger partial charge in [0, 0.05) is 31.6 Å². The van der Waals surface area contributed by atoms with Crippen LogP contribution in [0.4, 0.5) is 4.39 Å². The number of ether oxygens (including phenoxy) is 2. The first kappa shape index (κ1) is 20.0. The number of benzene rings is 2. The summed E-state index contributed by atoms with van der Waals surface area (Å²) in [6.07, 6.45) is 1.33. The SMILES string of the molecule is Cc1c(C(=O)N2CCC3(CC2)OCCO3)cc(-c2ccccc2)n1-c1ccccc1F. The molecule has 31 heavy (non-hydrogen) atoms. The second-order valence-corrected chi connectivity index (χ2v) is 8.08. The summed E-state index contributed by atoms with van der Waals surface area (Å²) in [5, 5.41) is 0. The van der Waals surface area contributed by atoms with Crippen LogP contribution in [0.1, 0.15) is 28.9 Å². The molecule has 2 saturated heterocycles. The molecule has 0 atom stereocenters. The highest BCUT2D eigenvalue weighted by Crippen LogP contribution is 2.34. The minimum Gasteiger partial charge on any atom is -0.347 e. The lowest BCUT2D eigenvalue weighted by Crippen LogP contribution is -2.47. The van der Waals surface area contributed by atoms with Crippen LogP contribution in [0, 0.1) is 12.7 Å². The molecular formula is C25H25FN2O3. The van der Waals surface area contributed by atoms with Crippen LogP contribution in [0.5, 0.6) is 0 Å². The molecule has 1 amide bonds. The molecule has 2 aromatic carbocycles. The highest BCUT2D eigenvalue weighted by Gasteiger charge is 2.41. The van der Waals surface area contributed by atoms with Gasteiger partial charge in [0.2, 0.25) is 0 Å². The van der Waals surface area contributed by atoms with Crippen molar-refractivity contribution in [3.8, 4) is 16.9 Å². The van der Waals surface area contributed by atoms with Crippen LogP contribution in [-0.4, -0.2) is 47.5 Å². The van der Waals surface area contributed by atoms with E-state index in [0.29, 0.717) is 50.4 Å². The number of piperidine rings is 1. The second kappa shape index (κ2) is 7.94. The summed E-state index contributed by atoms with van der Waals surface area (Å²) in [6.45, 7) is 4.24. The maximum absolute atomic E-state index is 14.7. The Balaban J connectivity index is 1.52. The monoisotopic (exact) mass is 420 g/mol. The Morgan fingerprint density at radius 1 is 0.968 bits per heavy atom. The highest BCUT2D eigenvalue weighted by atomic mass is 19.1. The van der Waals surface area contributed by atoms with Crippen LogP contribution in [0.2, 0.25) is 0 Å². The molecule has 3 heterocycles. The minimum absolute atomic E-state index is 0.0439. The number of para-hydroxylation sites is 1. The zero-order chi connectivity index (χ0) is 21.4. The van der Waals surface area contributed by atoms with E-state index in [1.54, 1.807) is 18.2 Å². The fourth-order valence-corrected chi connectivity index (χ4v) is 4.59. The zero-order valence-corrected chi connectivity index (χ0v) is 17.5. The van der Waals surface area contributed by atoms with Gasteiger partial charge in [0.1, 0.15) is 5.82 Å². The van der Waals surface area contributed by atoms with Crippen LogP contribution in [-0.2, 0) is 9.47 Å². The topological polar surface area (TPSA) is 43.7 Å². The van der Waals surface area contributed by atoms with Crippen LogP contribution >= 0.6 is 0 Å². The fraction of sp³-hybridized carbons (Fsp3) is 0.320. The highest BCUT2D eigenvalue weighted by molar-refractivity contribution is 5.97. The van der Waals surface area contributed by atoms with Crippen molar-refractivity contribution in [3.63, 3.8) is 0 Å². The first-order valence-electron chi connectivity index (χ1n) is 10.7. The smallest absolute Gasteiger partial charge is 0.255 e. The van der Waals surface area contributed by atoms with E-state index in [0.717, 1.165) is 17.0 Å². The third-order valence-electron chi connectivity index (χ3n) is 6.27. The number of rotatable bonds is 3. The van der Waals surface area contributed by atoms with Crippen molar-refractivity contribution in [2.24, 2.45) is 0 Å². The maximum atomic E-state index is 14.7. The van der Waals surface area contributed by atoms with Crippen molar-refractivity contribution in [1.29, 1.82) is 0 Å². The number of hydrogen-bond acceptors (Lipinski definition) is 3. The predicted molar refractivity (Wildman–Crippen MR) is 116 cm³/mol. The van der Waals surface area contributed by atoms with Gasteiger partial charge in [-0.25, -0.2) is 4.39 Å². The molecule has 0 saturated carbocycles. The number of nitrogens with zero attached hydrogens (tertiary/aromatic N) is 2. The molecular weight excluding hydrogens is 395 g/mol. The van der Waals surface area contributed by atoms with Crippen LogP contribution in [0.25, 0.3) is 16.9 Å². The molecule has 1 aromatic heterocycles. The molecule has 5 nitrogen and oxygen atoms in total. The Morgan fingerprint density at radius 2 is 1.61 bits per heavy atom. The lowest BCUT2D eigenvalue weighted by atomic mass is 10.0. The molecule has 5 rings (SSSR count). The van der Waals surface area contributed by atoms with Crippen LogP contribution in [0.15, 0.2) is 60.7 Å². The van der Waals surface area contributed by atoms with Gasteiger partial charge in [-0.15, -0.1) is 0 Å². The lowest BCUT2D eigenvalue weighted by molar-refractivity contribution is -0.181. The number of aromatic nitrogens is 1. The van der Waals surface area contributed by atoms with E-state index in [1.165, 1.54) is 6.07 Å². The van der Waals surface area contributed by atoms with E-state index >= 15 is 0 Å². The van der Waals surface area contributed by atoms with Crippen molar-refractivity contribution in [2.45, 2.75) is 25.6 Å². The third kappa shape index (κ3) is 3.56. The number of halogens is 1. The minimum atomic E-state index is -0.528. The van der Waals surface area contributed by atoms with Gasteiger partial charge in [-0.3, -0.25) is 4.79 Å². The summed E-state index contributed by atoms with van der Waals surface area (Å²) in [5.41, 5.74) is 3.47. The average molecular weight is 420 g/mol. The van der Waals surface area contributed by atoms with Gasteiger partial charge in [-0.2, -0.15) is 0 Å². The summed E-state index contributed by atoms with van der Waals surface area (Å²) in [7, 11) is 0. The van der Waals surface area contributed by atoms with Crippen molar-refractivity contribution in [1.82, 2.24) is 9.47 Å². The van der Waals surface area contributed by atoms with E-state index in [-0.39, 0.29) is 11.7 Å². The Hall–Kier alpha value is -2.96. The Labute approximate surface area is 181 Å². The van der Waals surface area contributed by atoms with Gasteiger partial charge in [0.15, 0.2) is 5.79 Å². The van der Waals surface area contributed by atoms with E-state index in [2.05, 4.69) is 0 Å². The molecule has 6 heteroatoms. The molecule has 0 radical (unpaired) electrons. The molecule has 0 aliphatic carbocycles. The Bertz CT molecular complexity index is 1090. The normalized spacial score (nSPS) is 17.9. The van der Waals surface area contributed by atoms with Crippen LogP contribution < -0.4 is 0 Å². The van der Waals surface area contributed by atoms with E-state index < -0.39 is 5.79 Å². The molecule has 0 bridgehead atoms. The summed E-state index contributed by atoms with van der Waals surface area (Å²) in [5.74, 6) is -0.898. The summed E-state index contributed by atoms with van der Waals surface area (Å²) in [6, 6.07) is 18.3. The maximum Gasteiger partial charge on any atom is 0.255 e. The Kier molecular flexibility index (Phi) is 5.12. The average Bonchev–Trinajstić information content (AvgIpc) is 3.39. The lowest BCUT2D eigenvalue weighted by Gasteiger charge is -2.37. The van der Waals surface area contributed by atoms with Gasteiger partial charge in [-0.05, 0) is 30.7 Å². The first-order chi connectivity index (χ1) is 15.1. The molecule has 160 valence electrons. The van der Waals surface area contributed by atoms with Crippen molar-refractivity contribution < 1.29 is 18.7 Å². The van der Waals surface area contributed by atoms with Crippen molar-refractivity contribution in [2.75, 3.05) is 26.3 Å². The predicted octanol–water partition coefficient (Wildman–Crippen LogP) is 4.57. The first-order valence-corrected chi connectivity index (χ1v) is 10.7. The number of amides is 1. The van der Waals surface area contributed by atoms with Crippen LogP contribution in [0.3, 0.4) is 0 Å². The number of carbonyl (C=O) groups is 1. The summed E-state index contributed by atoms with van der Waals surface area (Å²) in [4.78, 5) is 15.3. The second-order valence-electron chi connectivity index (χ2n) is 8.08. The van der Waals surface area contributed by atoms with E-state index in [1.807, 2.05) is 52.8 Å². The molecule has 2 aliphatic rings. The third-order valence-corrected chi connectivity index (χ3v) is 6.27. The van der Waals surface area contributed by atoms with Gasteiger partial charge in [-0.1, -0.05) is 42.5 Å². The van der Waals surface area contributed by atoms with Crippen molar-refractivity contribution in [3.05, 3.63) is 77.7 Å². The Morgan fingerprint density at radius 3 is 2.29 bits per heavy atom. The van der Waals surface area contributed by atoms with Gasteiger partial charge in [0.25, 0.3) is 5.91 Å². The zero-order valence-electron chi connectivity index (χ0n) is 17.5. The number of hydrogen-bond donors (Lipinski definition) is 0. The molecule has 2 aliphatic heterocycles. The molecule has 1 spiro atoms. The molecule has 2 fully saturated rings. The number of carbonyl (C=O) groups excluding carboxylic acids is 1. The quantitative estimate of drug-likeness (QED) is 0.623. The van der Waals surface area contributed by atoms with Gasteiger partial charge < -0.3 is 18.9 Å². The fourth-order valence-electron chi connectivity index (χ4n) is 4.59. The summed E-state index contributed by atoms with van der Waals surface area (Å²) < 4.78 is 28.2. The largest absolute Gasteiger partial charge is 0.347 e. The van der Waals surface area contributed by atoms with Gasteiger partial charge >= 0.3 is 0 Å². The van der Waals surface area contributed by atoms with Crippen molar-refractivity contribution >= 4 is 5.91 Å². The summed E-state index contributed by atoms with van der Waals surface area (Å²) >= 11 is 0. The van der Waals surface area contributed by atoms with Gasteiger partial charge in [0.05, 0.1) is 30.2 Å². The molecule has 0 N–H and O–H groups in total. The standard InChI is InChI=1S/C25H25FN2O3/c1-18-20(24(29)27-13-11-25(12-14-27)30-15-16-31-25)17-23(19-7-3-2-4-8-19)28(18)22-10-6-5-9-21(22)26/h2-10,17H,11-16H2,1H3.